The van der Waals surface area contributed by atoms with E-state index >= 15 is 0 Å². The Labute approximate surface area is 281 Å². The molecule has 0 spiro atoms. The van der Waals surface area contributed by atoms with Crippen LogP contribution in [0.15, 0.2) is 162 Å². The van der Waals surface area contributed by atoms with Crippen LogP contribution in [0.5, 0.6) is 0 Å². The number of fused-ring (bicyclic) bond motifs is 9. The Morgan fingerprint density at radius 3 is 2.00 bits per heavy atom. The van der Waals surface area contributed by atoms with Crippen LogP contribution in [0.25, 0.3) is 74.8 Å². The molecule has 8 aromatic carbocycles. The minimum atomic E-state index is 0.879. The minimum Gasteiger partial charge on any atom is -0.453 e. The molecule has 0 saturated heterocycles. The number of hydrogen-bond donors (Lipinski definition) is 0. The van der Waals surface area contributed by atoms with Gasteiger partial charge in [-0.3, -0.25) is 0 Å². The normalized spacial score (nSPS) is 11.9. The molecule has 0 bridgehead atoms. The molecule has 0 saturated carbocycles. The zero-order valence-electron chi connectivity index (χ0n) is 26.3. The number of furan rings is 1. The zero-order chi connectivity index (χ0) is 31.8. The summed E-state index contributed by atoms with van der Waals surface area (Å²) in [7, 11) is 0. The quantitative estimate of drug-likeness (QED) is 0.192. The van der Waals surface area contributed by atoms with Gasteiger partial charge in [0.05, 0.1) is 11.4 Å². The second-order valence-electron chi connectivity index (χ2n) is 12.6. The van der Waals surface area contributed by atoms with Crippen LogP contribution in [0.2, 0.25) is 0 Å². The topological polar surface area (TPSA) is 16.4 Å². The molecule has 3 heteroatoms. The molecule has 10 rings (SSSR count). The number of thiophene rings is 1. The van der Waals surface area contributed by atoms with Gasteiger partial charge in [-0.25, -0.2) is 0 Å². The van der Waals surface area contributed by atoms with Gasteiger partial charge in [-0.1, -0.05) is 121 Å². The molecule has 0 amide bonds. The molecule has 0 aliphatic heterocycles. The summed E-state index contributed by atoms with van der Waals surface area (Å²) in [5.41, 5.74) is 8.49. The third kappa shape index (κ3) is 4.11. The van der Waals surface area contributed by atoms with E-state index in [2.05, 4.69) is 170 Å². The maximum absolute atomic E-state index is 6.98. The molecule has 2 aromatic heterocycles. The van der Waals surface area contributed by atoms with Gasteiger partial charge in [0.25, 0.3) is 0 Å². The lowest BCUT2D eigenvalue weighted by molar-refractivity contribution is 0.670. The SMILES string of the molecule is Cc1cccc(N(c2cc3sc4cc5ccccc5cc4c3c3ccccc23)c2cccc3c2oc2c(-c4ccccc4)cccc23)c1. The van der Waals surface area contributed by atoms with Crippen molar-refractivity contribution in [1.29, 1.82) is 0 Å². The molecule has 0 atom stereocenters. The van der Waals surface area contributed by atoms with Gasteiger partial charge in [-0.05, 0) is 70.6 Å². The van der Waals surface area contributed by atoms with Gasteiger partial charge in [0.2, 0.25) is 0 Å². The van der Waals surface area contributed by atoms with Crippen LogP contribution in [-0.2, 0) is 0 Å². The van der Waals surface area contributed by atoms with E-state index in [1.807, 2.05) is 11.3 Å². The smallest absolute Gasteiger partial charge is 0.159 e. The van der Waals surface area contributed by atoms with Gasteiger partial charge in [-0.2, -0.15) is 0 Å². The number of hydrogen-bond acceptors (Lipinski definition) is 3. The average Bonchev–Trinajstić information content (AvgIpc) is 3.69. The van der Waals surface area contributed by atoms with Crippen LogP contribution in [-0.4, -0.2) is 0 Å². The molecule has 0 unspecified atom stereocenters. The highest BCUT2D eigenvalue weighted by molar-refractivity contribution is 7.26. The summed E-state index contributed by atoms with van der Waals surface area (Å²) in [5.74, 6) is 0. The lowest BCUT2D eigenvalue weighted by Crippen LogP contribution is -2.11. The number of para-hydroxylation sites is 2. The van der Waals surface area contributed by atoms with Gasteiger partial charge >= 0.3 is 0 Å². The molecule has 2 heterocycles. The van der Waals surface area contributed by atoms with E-state index in [-0.39, 0.29) is 0 Å². The first-order valence-corrected chi connectivity index (χ1v) is 17.2. The molecule has 0 N–H and O–H groups in total. The first-order valence-electron chi connectivity index (χ1n) is 16.3. The number of rotatable bonds is 4. The first kappa shape index (κ1) is 27.2. The van der Waals surface area contributed by atoms with Crippen LogP contribution >= 0.6 is 11.3 Å². The van der Waals surface area contributed by atoms with Crippen molar-refractivity contribution in [3.8, 4) is 11.1 Å². The van der Waals surface area contributed by atoms with Crippen molar-refractivity contribution < 1.29 is 4.42 Å². The fourth-order valence-corrected chi connectivity index (χ4v) is 8.68. The average molecular weight is 632 g/mol. The number of aryl methyl sites for hydroxylation is 1. The van der Waals surface area contributed by atoms with Crippen molar-refractivity contribution >= 4 is 92.1 Å². The number of anilines is 3. The Bertz CT molecular complexity index is 2860. The lowest BCUT2D eigenvalue weighted by Gasteiger charge is -2.27. The summed E-state index contributed by atoms with van der Waals surface area (Å²) in [6, 6.07) is 57.0. The third-order valence-corrected chi connectivity index (χ3v) is 10.8. The number of benzene rings is 8. The molecule has 0 aliphatic carbocycles. The zero-order valence-corrected chi connectivity index (χ0v) is 27.1. The highest BCUT2D eigenvalue weighted by atomic mass is 32.1. The molecule has 2 nitrogen and oxygen atoms in total. The van der Waals surface area contributed by atoms with Crippen LogP contribution in [0.1, 0.15) is 5.56 Å². The second kappa shape index (κ2) is 10.6. The van der Waals surface area contributed by atoms with Crippen LogP contribution < -0.4 is 4.90 Å². The Morgan fingerprint density at radius 1 is 0.479 bits per heavy atom. The predicted octanol–water partition coefficient (Wildman–Crippen LogP) is 13.7. The minimum absolute atomic E-state index is 0.879. The van der Waals surface area contributed by atoms with E-state index in [0.717, 1.165) is 50.1 Å². The summed E-state index contributed by atoms with van der Waals surface area (Å²) in [4.78, 5) is 2.41. The number of nitrogens with zero attached hydrogens (tertiary/aromatic N) is 1. The molecule has 10 aromatic rings. The molecule has 0 aliphatic rings. The van der Waals surface area contributed by atoms with Gasteiger partial charge in [0, 0.05) is 47.6 Å². The standard InChI is InChI=1S/C45H29NOS/c1-28-12-9-17-32(24-28)46(39-23-11-22-37-36-21-10-20-33(44(36)47-45(37)39)29-13-3-2-4-14-29)40-27-42-43(35-19-8-7-18-34(35)40)38-25-30-15-5-6-16-31(30)26-41(38)48-42/h2-27H,1H3. The Kier molecular flexibility index (Phi) is 5.99. The van der Waals surface area contributed by atoms with Crippen molar-refractivity contribution in [1.82, 2.24) is 0 Å². The maximum atomic E-state index is 6.98. The highest BCUT2D eigenvalue weighted by Crippen LogP contribution is 2.49. The molecule has 0 radical (unpaired) electrons. The van der Waals surface area contributed by atoms with Gasteiger partial charge in [0.15, 0.2) is 5.58 Å². The monoisotopic (exact) mass is 631 g/mol. The fraction of sp³-hybridized carbons (Fsp3) is 0.0222. The Balaban J connectivity index is 1.30. The maximum Gasteiger partial charge on any atom is 0.159 e. The molecular formula is C45H29NOS. The van der Waals surface area contributed by atoms with E-state index < -0.39 is 0 Å². The largest absolute Gasteiger partial charge is 0.453 e. The van der Waals surface area contributed by atoms with Crippen molar-refractivity contribution in [2.45, 2.75) is 6.92 Å². The third-order valence-electron chi connectivity index (χ3n) is 9.65. The van der Waals surface area contributed by atoms with E-state index in [4.69, 9.17) is 4.42 Å². The van der Waals surface area contributed by atoms with Gasteiger partial charge < -0.3 is 9.32 Å². The van der Waals surface area contributed by atoms with E-state index in [1.54, 1.807) is 0 Å². The summed E-state index contributed by atoms with van der Waals surface area (Å²) < 4.78 is 9.56. The summed E-state index contributed by atoms with van der Waals surface area (Å²) in [6.07, 6.45) is 0. The van der Waals surface area contributed by atoms with Crippen molar-refractivity contribution in [3.63, 3.8) is 0 Å². The van der Waals surface area contributed by atoms with Crippen molar-refractivity contribution in [2.24, 2.45) is 0 Å². The van der Waals surface area contributed by atoms with Crippen LogP contribution in [0.4, 0.5) is 17.1 Å². The van der Waals surface area contributed by atoms with Crippen LogP contribution in [0, 0.1) is 6.92 Å². The molecular weight excluding hydrogens is 603 g/mol. The van der Waals surface area contributed by atoms with E-state index in [0.29, 0.717) is 0 Å². The van der Waals surface area contributed by atoms with E-state index in [9.17, 15) is 0 Å². The molecule has 226 valence electrons. The van der Waals surface area contributed by atoms with Crippen molar-refractivity contribution in [2.75, 3.05) is 4.90 Å². The fourth-order valence-electron chi connectivity index (χ4n) is 7.49. The summed E-state index contributed by atoms with van der Waals surface area (Å²) >= 11 is 1.87. The first-order chi connectivity index (χ1) is 23.7. The lowest BCUT2D eigenvalue weighted by atomic mass is 9.99. The van der Waals surface area contributed by atoms with Gasteiger partial charge in [0.1, 0.15) is 5.58 Å². The molecule has 48 heavy (non-hydrogen) atoms. The van der Waals surface area contributed by atoms with Crippen molar-refractivity contribution in [3.05, 3.63) is 163 Å². The van der Waals surface area contributed by atoms with Crippen LogP contribution in [0.3, 0.4) is 0 Å². The summed E-state index contributed by atoms with van der Waals surface area (Å²) in [6.45, 7) is 2.16. The second-order valence-corrected chi connectivity index (χ2v) is 13.7. The summed E-state index contributed by atoms with van der Waals surface area (Å²) in [5, 5.41) is 9.86. The van der Waals surface area contributed by atoms with E-state index in [1.165, 1.54) is 47.3 Å². The molecule has 0 fully saturated rings. The van der Waals surface area contributed by atoms with Gasteiger partial charge in [-0.15, -0.1) is 11.3 Å². The Morgan fingerprint density at radius 2 is 1.17 bits per heavy atom. The Hall–Kier alpha value is -5.90. The highest BCUT2D eigenvalue weighted by Gasteiger charge is 2.24. The predicted molar refractivity (Wildman–Crippen MR) is 206 cm³/mol.